The largest absolute Gasteiger partial charge is 0.367 e. The Morgan fingerprint density at radius 2 is 1.96 bits per heavy atom. The molecule has 2 aromatic rings. The first-order valence-electron chi connectivity index (χ1n) is 9.62. The highest BCUT2D eigenvalue weighted by Crippen LogP contribution is 2.36. The highest BCUT2D eigenvalue weighted by molar-refractivity contribution is 7.99. The Morgan fingerprint density at radius 1 is 1.21 bits per heavy atom. The molecule has 2 heterocycles. The number of halogens is 1. The molecule has 2 aliphatic rings. The first-order chi connectivity index (χ1) is 13.6. The lowest BCUT2D eigenvalue weighted by Crippen LogP contribution is -2.53. The second-order valence-corrected chi connectivity index (χ2v) is 8.51. The van der Waals surface area contributed by atoms with Crippen LogP contribution in [0, 0.1) is 5.82 Å². The third-order valence-corrected chi connectivity index (χ3v) is 6.85. The van der Waals surface area contributed by atoms with Gasteiger partial charge in [-0.15, -0.1) is 0 Å². The number of hydrogen-bond donors (Lipinski definition) is 1. The summed E-state index contributed by atoms with van der Waals surface area (Å²) in [5, 5.41) is 0.221. The fraction of sp³-hybridized carbons (Fsp3) is 0.409. The van der Waals surface area contributed by atoms with Crippen molar-refractivity contribution in [3.8, 4) is 0 Å². The van der Waals surface area contributed by atoms with Crippen molar-refractivity contribution in [3.63, 3.8) is 0 Å². The van der Waals surface area contributed by atoms with E-state index in [2.05, 4.69) is 12.1 Å². The van der Waals surface area contributed by atoms with Gasteiger partial charge in [-0.05, 0) is 47.9 Å². The fourth-order valence-electron chi connectivity index (χ4n) is 4.21. The van der Waals surface area contributed by atoms with E-state index in [1.165, 1.54) is 17.7 Å². The van der Waals surface area contributed by atoms with E-state index in [-0.39, 0.29) is 29.1 Å². The molecule has 4 rings (SSSR count). The van der Waals surface area contributed by atoms with E-state index in [4.69, 9.17) is 10.5 Å². The number of thioether (sulfide) groups is 1. The number of benzene rings is 2. The molecular formula is C22H25FN2O2S. The number of rotatable bonds is 3. The number of fused-ring (bicyclic) bond motifs is 1. The molecule has 0 aliphatic carbocycles. The summed E-state index contributed by atoms with van der Waals surface area (Å²) in [6, 6.07) is 14.3. The minimum Gasteiger partial charge on any atom is -0.367 e. The Morgan fingerprint density at radius 3 is 2.68 bits per heavy atom. The molecule has 0 saturated carbocycles. The van der Waals surface area contributed by atoms with Crippen molar-refractivity contribution >= 4 is 17.7 Å². The summed E-state index contributed by atoms with van der Waals surface area (Å²) in [4.78, 5) is 15.3. The molecule has 1 amide bonds. The lowest BCUT2D eigenvalue weighted by Gasteiger charge is -2.41. The van der Waals surface area contributed by atoms with Gasteiger partial charge in [0.2, 0.25) is 0 Å². The zero-order chi connectivity index (χ0) is 19.7. The van der Waals surface area contributed by atoms with Gasteiger partial charge in [-0.3, -0.25) is 4.79 Å². The molecular weight excluding hydrogens is 375 g/mol. The van der Waals surface area contributed by atoms with Crippen LogP contribution < -0.4 is 5.73 Å². The van der Waals surface area contributed by atoms with Crippen molar-refractivity contribution in [3.05, 3.63) is 71.0 Å². The molecule has 1 unspecified atom stereocenters. The molecule has 148 valence electrons. The second-order valence-electron chi connectivity index (χ2n) is 7.43. The number of nitrogens with zero attached hydrogens (tertiary/aromatic N) is 1. The van der Waals surface area contributed by atoms with E-state index >= 15 is 0 Å². The van der Waals surface area contributed by atoms with Crippen molar-refractivity contribution in [2.24, 2.45) is 5.73 Å². The van der Waals surface area contributed by atoms with Gasteiger partial charge in [0.25, 0.3) is 5.91 Å². The van der Waals surface area contributed by atoms with Crippen LogP contribution in [0.5, 0.6) is 0 Å². The molecule has 1 saturated heterocycles. The van der Waals surface area contributed by atoms with Crippen LogP contribution >= 0.6 is 11.8 Å². The van der Waals surface area contributed by atoms with Gasteiger partial charge in [-0.2, -0.15) is 11.8 Å². The quantitative estimate of drug-likeness (QED) is 0.860. The third-order valence-electron chi connectivity index (χ3n) is 5.76. The molecule has 28 heavy (non-hydrogen) atoms. The minimum atomic E-state index is -0.522. The van der Waals surface area contributed by atoms with Crippen LogP contribution in [0.1, 0.15) is 29.2 Å². The van der Waals surface area contributed by atoms with E-state index in [1.54, 1.807) is 23.9 Å². The van der Waals surface area contributed by atoms with Gasteiger partial charge in [0.05, 0.1) is 12.6 Å². The Balaban J connectivity index is 1.65. The van der Waals surface area contributed by atoms with E-state index < -0.39 is 6.10 Å². The average molecular weight is 401 g/mol. The van der Waals surface area contributed by atoms with Crippen molar-refractivity contribution < 1.29 is 13.9 Å². The lowest BCUT2D eigenvalue weighted by atomic mass is 9.87. The topological polar surface area (TPSA) is 55.6 Å². The zero-order valence-electron chi connectivity index (χ0n) is 15.9. The molecule has 0 spiro atoms. The van der Waals surface area contributed by atoms with Crippen molar-refractivity contribution in [1.29, 1.82) is 0 Å². The summed E-state index contributed by atoms with van der Waals surface area (Å²) >= 11 is 1.68. The molecule has 0 aromatic heterocycles. The van der Waals surface area contributed by atoms with Crippen LogP contribution in [0.15, 0.2) is 48.5 Å². The second kappa shape index (κ2) is 8.23. The fourth-order valence-corrected chi connectivity index (χ4v) is 4.89. The summed E-state index contributed by atoms with van der Waals surface area (Å²) in [6.07, 6.45) is 2.82. The van der Waals surface area contributed by atoms with Gasteiger partial charge in [0.15, 0.2) is 0 Å². The zero-order valence-corrected chi connectivity index (χ0v) is 16.7. The number of ether oxygens (including phenoxy) is 1. The summed E-state index contributed by atoms with van der Waals surface area (Å²) in [7, 11) is 0. The maximum atomic E-state index is 13.5. The first kappa shape index (κ1) is 19.4. The van der Waals surface area contributed by atoms with Crippen LogP contribution in [-0.4, -0.2) is 47.6 Å². The molecule has 2 aliphatic heterocycles. The Hall–Kier alpha value is -1.89. The molecule has 6 heteroatoms. The van der Waals surface area contributed by atoms with Gasteiger partial charge in [0, 0.05) is 17.8 Å². The van der Waals surface area contributed by atoms with Crippen LogP contribution in [0.2, 0.25) is 0 Å². The number of hydrogen-bond acceptors (Lipinski definition) is 4. The van der Waals surface area contributed by atoms with Crippen molar-refractivity contribution in [1.82, 2.24) is 4.90 Å². The monoisotopic (exact) mass is 400 g/mol. The number of nitrogens with two attached hydrogens (primary N) is 1. The van der Waals surface area contributed by atoms with E-state index in [0.717, 1.165) is 17.5 Å². The number of carbonyl (C=O) groups excluding carboxylic acids is 1. The Kier molecular flexibility index (Phi) is 5.71. The summed E-state index contributed by atoms with van der Waals surface area (Å²) in [5.41, 5.74) is 9.50. The van der Waals surface area contributed by atoms with Crippen LogP contribution in [0.25, 0.3) is 0 Å². The van der Waals surface area contributed by atoms with E-state index in [1.807, 2.05) is 23.3 Å². The van der Waals surface area contributed by atoms with Crippen LogP contribution in [0.4, 0.5) is 4.39 Å². The van der Waals surface area contributed by atoms with Crippen LogP contribution in [0.3, 0.4) is 0 Å². The summed E-state index contributed by atoms with van der Waals surface area (Å²) in [6.45, 7) is 1.10. The lowest BCUT2D eigenvalue weighted by molar-refractivity contribution is -0.149. The highest BCUT2D eigenvalue weighted by Gasteiger charge is 2.39. The first-order valence-corrected chi connectivity index (χ1v) is 10.9. The summed E-state index contributed by atoms with van der Waals surface area (Å²) in [5.74, 6) is -0.311. The van der Waals surface area contributed by atoms with E-state index in [9.17, 15) is 9.18 Å². The smallest absolute Gasteiger partial charge is 0.252 e. The molecule has 2 aromatic carbocycles. The standard InChI is InChI=1S/C22H25FN2O2S/c1-28-20-13-27-19(12-18(20)24)22(26)25-11-10-14-4-2-3-5-17(14)21(25)15-6-8-16(23)9-7-15/h2-9,18-21H,10-13,24H2,1H3/t18-,19+,20?,21-/m0/s1. The van der Waals surface area contributed by atoms with Gasteiger partial charge >= 0.3 is 0 Å². The predicted octanol–water partition coefficient (Wildman–Crippen LogP) is 3.15. The minimum absolute atomic E-state index is 0.0289. The average Bonchev–Trinajstić information content (AvgIpc) is 2.73. The molecule has 4 nitrogen and oxygen atoms in total. The predicted molar refractivity (Wildman–Crippen MR) is 110 cm³/mol. The maximum Gasteiger partial charge on any atom is 0.252 e. The van der Waals surface area contributed by atoms with Gasteiger partial charge < -0.3 is 15.4 Å². The molecule has 2 N–H and O–H groups in total. The third kappa shape index (κ3) is 3.69. The molecule has 4 atom stereocenters. The van der Waals surface area contributed by atoms with Crippen molar-refractivity contribution in [2.75, 3.05) is 19.4 Å². The normalized spacial score (nSPS) is 27.3. The summed E-state index contributed by atoms with van der Waals surface area (Å²) < 4.78 is 19.4. The Labute approximate surface area is 169 Å². The number of carbonyl (C=O) groups is 1. The van der Waals surface area contributed by atoms with Gasteiger partial charge in [-0.1, -0.05) is 36.4 Å². The van der Waals surface area contributed by atoms with Crippen molar-refractivity contribution in [2.45, 2.75) is 36.3 Å². The molecule has 1 fully saturated rings. The van der Waals surface area contributed by atoms with E-state index in [0.29, 0.717) is 19.6 Å². The molecule has 0 radical (unpaired) electrons. The SMILES string of the molecule is CSC1CO[C@@H](C(=O)N2CCc3ccccc3[C@@H]2c2ccc(F)cc2)C[C@@H]1N. The highest BCUT2D eigenvalue weighted by atomic mass is 32.2. The molecule has 0 bridgehead atoms. The van der Waals surface area contributed by atoms with Gasteiger partial charge in [-0.25, -0.2) is 4.39 Å². The number of amides is 1. The maximum absolute atomic E-state index is 13.5. The van der Waals surface area contributed by atoms with Gasteiger partial charge in [0.1, 0.15) is 11.9 Å². The Bertz CT molecular complexity index is 845. The van der Waals surface area contributed by atoms with Crippen LogP contribution in [-0.2, 0) is 16.0 Å².